The van der Waals surface area contributed by atoms with Crippen molar-refractivity contribution >= 4 is 11.3 Å². The molecule has 0 fully saturated rings. The molecule has 3 heterocycles. The molecule has 3 aromatic heterocycles. The summed E-state index contributed by atoms with van der Waals surface area (Å²) < 4.78 is 1.87. The standard InChI is InChI=1S/C18H23N5S/c1-12(2)18-21-16(11-24-18)10-19-8-15-5-6-17(20-9-15)23-14(4)7-13(3)22-23/h5-7,9,11-12,19H,8,10H2,1-4H3. The van der Waals surface area contributed by atoms with Crippen LogP contribution in [-0.2, 0) is 13.1 Å². The van der Waals surface area contributed by atoms with E-state index in [4.69, 9.17) is 0 Å². The summed E-state index contributed by atoms with van der Waals surface area (Å²) in [6, 6.07) is 6.15. The van der Waals surface area contributed by atoms with Gasteiger partial charge in [-0.2, -0.15) is 5.10 Å². The first-order chi connectivity index (χ1) is 11.5. The average Bonchev–Trinajstić information content (AvgIpc) is 3.15. The zero-order chi connectivity index (χ0) is 17.1. The van der Waals surface area contributed by atoms with Gasteiger partial charge in [-0.1, -0.05) is 19.9 Å². The first-order valence-corrected chi connectivity index (χ1v) is 9.04. The van der Waals surface area contributed by atoms with Crippen LogP contribution in [0.15, 0.2) is 29.8 Å². The molecule has 1 N–H and O–H groups in total. The maximum absolute atomic E-state index is 4.64. The van der Waals surface area contributed by atoms with E-state index in [1.54, 1.807) is 11.3 Å². The van der Waals surface area contributed by atoms with Gasteiger partial charge in [-0.3, -0.25) is 0 Å². The summed E-state index contributed by atoms with van der Waals surface area (Å²) >= 11 is 1.73. The van der Waals surface area contributed by atoms with Gasteiger partial charge in [0.1, 0.15) is 0 Å². The highest BCUT2D eigenvalue weighted by Gasteiger charge is 2.06. The SMILES string of the molecule is Cc1cc(C)n(-c2ccc(CNCc3csc(C(C)C)n3)cn2)n1. The Morgan fingerprint density at radius 1 is 1.21 bits per heavy atom. The molecular formula is C18H23N5S. The van der Waals surface area contributed by atoms with Crippen LogP contribution < -0.4 is 5.32 Å². The molecule has 5 nitrogen and oxygen atoms in total. The second kappa shape index (κ2) is 7.23. The minimum absolute atomic E-state index is 0.495. The number of nitrogens with one attached hydrogen (secondary N) is 1. The highest BCUT2D eigenvalue weighted by molar-refractivity contribution is 7.09. The molecule has 0 aliphatic carbocycles. The van der Waals surface area contributed by atoms with Crippen LogP contribution in [0.1, 0.15) is 47.4 Å². The van der Waals surface area contributed by atoms with Crippen molar-refractivity contribution in [2.45, 2.75) is 46.7 Å². The Bertz CT molecular complexity index is 801. The third-order valence-corrected chi connectivity index (χ3v) is 4.93. The highest BCUT2D eigenvalue weighted by atomic mass is 32.1. The fourth-order valence-corrected chi connectivity index (χ4v) is 3.35. The van der Waals surface area contributed by atoms with Crippen molar-refractivity contribution < 1.29 is 0 Å². The second-order valence-electron chi connectivity index (χ2n) is 6.30. The number of aromatic nitrogens is 4. The lowest BCUT2D eigenvalue weighted by molar-refractivity contribution is 0.675. The number of nitrogens with zero attached hydrogens (tertiary/aromatic N) is 4. The normalized spacial score (nSPS) is 11.4. The lowest BCUT2D eigenvalue weighted by atomic mass is 10.2. The van der Waals surface area contributed by atoms with Gasteiger partial charge in [0, 0.05) is 36.3 Å². The quantitative estimate of drug-likeness (QED) is 0.742. The molecule has 3 aromatic rings. The molecule has 3 rings (SSSR count). The van der Waals surface area contributed by atoms with Gasteiger partial charge in [0.05, 0.1) is 16.4 Å². The third kappa shape index (κ3) is 3.88. The number of thiazole rings is 1. The van der Waals surface area contributed by atoms with Crippen LogP contribution in [0.2, 0.25) is 0 Å². The van der Waals surface area contributed by atoms with E-state index < -0.39 is 0 Å². The molecule has 0 bridgehead atoms. The van der Waals surface area contributed by atoms with Crippen LogP contribution in [0.25, 0.3) is 5.82 Å². The molecule has 0 radical (unpaired) electrons. The molecule has 0 aliphatic rings. The van der Waals surface area contributed by atoms with Gasteiger partial charge < -0.3 is 5.32 Å². The third-order valence-electron chi connectivity index (χ3n) is 3.73. The maximum atomic E-state index is 4.64. The van der Waals surface area contributed by atoms with Crippen molar-refractivity contribution in [3.8, 4) is 5.82 Å². The summed E-state index contributed by atoms with van der Waals surface area (Å²) in [6.45, 7) is 9.93. The van der Waals surface area contributed by atoms with E-state index in [1.807, 2.05) is 30.8 Å². The van der Waals surface area contributed by atoms with E-state index in [2.05, 4.69) is 51.7 Å². The summed E-state index contributed by atoms with van der Waals surface area (Å²) in [6.07, 6.45) is 1.90. The maximum Gasteiger partial charge on any atom is 0.153 e. The van der Waals surface area contributed by atoms with Gasteiger partial charge in [0.2, 0.25) is 0 Å². The summed E-state index contributed by atoms with van der Waals surface area (Å²) in [5.41, 5.74) is 4.36. The molecule has 0 atom stereocenters. The number of aryl methyl sites for hydroxylation is 2. The van der Waals surface area contributed by atoms with Crippen LogP contribution >= 0.6 is 11.3 Å². The molecular weight excluding hydrogens is 318 g/mol. The predicted molar refractivity (Wildman–Crippen MR) is 97.6 cm³/mol. The van der Waals surface area contributed by atoms with E-state index in [1.165, 1.54) is 5.01 Å². The smallest absolute Gasteiger partial charge is 0.153 e. The fourth-order valence-electron chi connectivity index (χ4n) is 2.51. The minimum Gasteiger partial charge on any atom is -0.307 e. The number of hydrogen-bond acceptors (Lipinski definition) is 5. The summed E-state index contributed by atoms with van der Waals surface area (Å²) in [5.74, 6) is 1.35. The molecule has 0 saturated heterocycles. The van der Waals surface area contributed by atoms with Gasteiger partial charge in [-0.15, -0.1) is 11.3 Å². The zero-order valence-corrected chi connectivity index (χ0v) is 15.4. The van der Waals surface area contributed by atoms with Crippen LogP contribution in [0.4, 0.5) is 0 Å². The number of pyridine rings is 1. The van der Waals surface area contributed by atoms with E-state index in [0.717, 1.165) is 41.6 Å². The lowest BCUT2D eigenvalue weighted by Crippen LogP contribution is -2.13. The topological polar surface area (TPSA) is 55.6 Å². The Labute approximate surface area is 146 Å². The molecule has 0 amide bonds. The zero-order valence-electron chi connectivity index (χ0n) is 14.6. The molecule has 6 heteroatoms. The van der Waals surface area contributed by atoms with Crippen molar-refractivity contribution in [3.63, 3.8) is 0 Å². The summed E-state index contributed by atoms with van der Waals surface area (Å²) in [4.78, 5) is 9.16. The Hall–Kier alpha value is -2.05. The Balaban J connectivity index is 1.57. The Kier molecular flexibility index (Phi) is 5.06. The number of hydrogen-bond donors (Lipinski definition) is 1. The monoisotopic (exact) mass is 341 g/mol. The van der Waals surface area contributed by atoms with Crippen LogP contribution in [0.5, 0.6) is 0 Å². The predicted octanol–water partition coefficient (Wildman–Crippen LogP) is 3.75. The van der Waals surface area contributed by atoms with Crippen molar-refractivity contribution in [2.75, 3.05) is 0 Å². The molecule has 0 saturated carbocycles. The fraction of sp³-hybridized carbons (Fsp3) is 0.389. The summed E-state index contributed by atoms with van der Waals surface area (Å²) in [7, 11) is 0. The van der Waals surface area contributed by atoms with Crippen LogP contribution in [0, 0.1) is 13.8 Å². The minimum atomic E-state index is 0.495. The molecule has 0 spiro atoms. The Morgan fingerprint density at radius 3 is 2.62 bits per heavy atom. The lowest BCUT2D eigenvalue weighted by Gasteiger charge is -2.06. The van der Waals surface area contributed by atoms with Crippen LogP contribution in [-0.4, -0.2) is 19.7 Å². The van der Waals surface area contributed by atoms with Crippen molar-refractivity contribution in [1.82, 2.24) is 25.1 Å². The average molecular weight is 341 g/mol. The summed E-state index contributed by atoms with van der Waals surface area (Å²) in [5, 5.41) is 11.2. The molecule has 126 valence electrons. The van der Waals surface area contributed by atoms with E-state index in [0.29, 0.717) is 5.92 Å². The van der Waals surface area contributed by atoms with Crippen molar-refractivity contribution in [2.24, 2.45) is 0 Å². The second-order valence-corrected chi connectivity index (χ2v) is 7.19. The molecule has 0 unspecified atom stereocenters. The Morgan fingerprint density at radius 2 is 2.04 bits per heavy atom. The highest BCUT2D eigenvalue weighted by Crippen LogP contribution is 2.19. The van der Waals surface area contributed by atoms with Gasteiger partial charge in [0.15, 0.2) is 5.82 Å². The van der Waals surface area contributed by atoms with Gasteiger partial charge >= 0.3 is 0 Å². The largest absolute Gasteiger partial charge is 0.307 e. The molecule has 0 aliphatic heterocycles. The van der Waals surface area contributed by atoms with Crippen molar-refractivity contribution in [1.29, 1.82) is 0 Å². The van der Waals surface area contributed by atoms with Gasteiger partial charge in [-0.05, 0) is 31.5 Å². The van der Waals surface area contributed by atoms with Crippen LogP contribution in [0.3, 0.4) is 0 Å². The molecule has 0 aromatic carbocycles. The first-order valence-electron chi connectivity index (χ1n) is 8.16. The van der Waals surface area contributed by atoms with E-state index in [-0.39, 0.29) is 0 Å². The van der Waals surface area contributed by atoms with Gasteiger partial charge in [0.25, 0.3) is 0 Å². The van der Waals surface area contributed by atoms with E-state index >= 15 is 0 Å². The van der Waals surface area contributed by atoms with Gasteiger partial charge in [-0.25, -0.2) is 14.6 Å². The van der Waals surface area contributed by atoms with E-state index in [9.17, 15) is 0 Å². The van der Waals surface area contributed by atoms with Crippen molar-refractivity contribution in [3.05, 3.63) is 57.4 Å². The first kappa shape index (κ1) is 16.8. The number of rotatable bonds is 6. The molecule has 24 heavy (non-hydrogen) atoms.